The zero-order chi connectivity index (χ0) is 17.0. The molecule has 2 aromatic rings. The summed E-state index contributed by atoms with van der Waals surface area (Å²) in [6.07, 6.45) is 0. The van der Waals surface area contributed by atoms with Crippen molar-refractivity contribution in [2.45, 2.75) is 11.4 Å². The highest BCUT2D eigenvalue weighted by Crippen LogP contribution is 2.18. The van der Waals surface area contributed by atoms with E-state index < -0.39 is 15.8 Å². The van der Waals surface area contributed by atoms with Gasteiger partial charge in [-0.05, 0) is 35.9 Å². The Hall–Kier alpha value is -2.25. The Kier molecular flexibility index (Phi) is 5.12. The molecule has 2 aromatic carbocycles. The summed E-state index contributed by atoms with van der Waals surface area (Å²) < 4.78 is 39.2. The minimum absolute atomic E-state index is 0.0954. The molecule has 2 rings (SSSR count). The fourth-order valence-corrected chi connectivity index (χ4v) is 3.25. The smallest absolute Gasteiger partial charge is 0.251 e. The van der Waals surface area contributed by atoms with Crippen LogP contribution in [-0.2, 0) is 16.6 Å². The van der Waals surface area contributed by atoms with E-state index in [1.54, 1.807) is 24.3 Å². The van der Waals surface area contributed by atoms with E-state index in [1.165, 1.54) is 32.3 Å². The van der Waals surface area contributed by atoms with Gasteiger partial charge in [0.05, 0.1) is 4.90 Å². The first kappa shape index (κ1) is 17.1. The number of carbonyl (C=O) groups is 1. The Bertz CT molecular complexity index is 804. The predicted octanol–water partition coefficient (Wildman–Crippen LogP) is 2.01. The lowest BCUT2D eigenvalue weighted by molar-refractivity contribution is 0.0963. The minimum Gasteiger partial charge on any atom is -0.355 e. The summed E-state index contributed by atoms with van der Waals surface area (Å²) in [7, 11) is -0.816. The van der Waals surface area contributed by atoms with Crippen LogP contribution in [-0.4, -0.2) is 32.7 Å². The Labute approximate surface area is 134 Å². The first-order chi connectivity index (χ1) is 10.8. The van der Waals surface area contributed by atoms with Gasteiger partial charge in [0.1, 0.15) is 5.82 Å². The molecule has 0 aliphatic rings. The molecule has 0 heterocycles. The van der Waals surface area contributed by atoms with Gasteiger partial charge in [-0.15, -0.1) is 0 Å². The van der Waals surface area contributed by atoms with Gasteiger partial charge in [0.2, 0.25) is 10.0 Å². The molecule has 0 radical (unpaired) electrons. The van der Waals surface area contributed by atoms with E-state index in [0.29, 0.717) is 5.56 Å². The lowest BCUT2D eigenvalue weighted by Crippen LogP contribution is -2.26. The van der Waals surface area contributed by atoms with E-state index in [2.05, 4.69) is 5.32 Å². The zero-order valence-corrected chi connectivity index (χ0v) is 13.6. The molecule has 0 aliphatic carbocycles. The Balaban J connectivity index is 2.18. The maximum atomic E-state index is 13.2. The van der Waals surface area contributed by atoms with Crippen LogP contribution in [0.2, 0.25) is 0 Å². The summed E-state index contributed by atoms with van der Waals surface area (Å²) >= 11 is 0. The SMILES string of the molecule is CNC(=O)c1ccc(CN(C)S(=O)(=O)c2cccc(F)c2)cc1. The zero-order valence-electron chi connectivity index (χ0n) is 12.8. The van der Waals surface area contributed by atoms with Crippen molar-refractivity contribution in [3.8, 4) is 0 Å². The molecule has 1 N–H and O–H groups in total. The largest absolute Gasteiger partial charge is 0.355 e. The number of benzene rings is 2. The van der Waals surface area contributed by atoms with Crippen molar-refractivity contribution in [1.82, 2.24) is 9.62 Å². The second kappa shape index (κ2) is 6.89. The van der Waals surface area contributed by atoms with Crippen LogP contribution in [0.1, 0.15) is 15.9 Å². The van der Waals surface area contributed by atoms with Gasteiger partial charge in [-0.1, -0.05) is 18.2 Å². The first-order valence-corrected chi connectivity index (χ1v) is 8.31. The second-order valence-electron chi connectivity index (χ2n) is 4.99. The average molecular weight is 336 g/mol. The van der Waals surface area contributed by atoms with Crippen LogP contribution in [0.15, 0.2) is 53.4 Å². The maximum absolute atomic E-state index is 13.2. The molecule has 0 aliphatic heterocycles. The van der Waals surface area contributed by atoms with Crippen LogP contribution in [0.3, 0.4) is 0 Å². The number of nitrogens with one attached hydrogen (secondary N) is 1. The van der Waals surface area contributed by atoms with Gasteiger partial charge >= 0.3 is 0 Å². The number of nitrogens with zero attached hydrogens (tertiary/aromatic N) is 1. The summed E-state index contributed by atoms with van der Waals surface area (Å²) in [5, 5.41) is 2.51. The molecule has 23 heavy (non-hydrogen) atoms. The summed E-state index contributed by atoms with van der Waals surface area (Å²) in [5.41, 5.74) is 1.21. The molecule has 0 saturated carbocycles. The molecule has 0 aromatic heterocycles. The van der Waals surface area contributed by atoms with Crippen LogP contribution in [0.4, 0.5) is 4.39 Å². The van der Waals surface area contributed by atoms with Crippen LogP contribution in [0.25, 0.3) is 0 Å². The van der Waals surface area contributed by atoms with Crippen molar-refractivity contribution >= 4 is 15.9 Å². The van der Waals surface area contributed by atoms with Gasteiger partial charge in [-0.3, -0.25) is 4.79 Å². The minimum atomic E-state index is -3.78. The van der Waals surface area contributed by atoms with Crippen LogP contribution in [0, 0.1) is 5.82 Å². The highest BCUT2D eigenvalue weighted by molar-refractivity contribution is 7.89. The summed E-state index contributed by atoms with van der Waals surface area (Å²) in [5.74, 6) is -0.813. The van der Waals surface area contributed by atoms with Crippen molar-refractivity contribution < 1.29 is 17.6 Å². The van der Waals surface area contributed by atoms with Gasteiger partial charge in [-0.25, -0.2) is 12.8 Å². The second-order valence-corrected chi connectivity index (χ2v) is 7.04. The molecule has 0 fully saturated rings. The summed E-state index contributed by atoms with van der Waals surface area (Å²) in [4.78, 5) is 11.4. The Morgan fingerprint density at radius 1 is 1.17 bits per heavy atom. The number of sulfonamides is 1. The van der Waals surface area contributed by atoms with Crippen molar-refractivity contribution in [1.29, 1.82) is 0 Å². The molecule has 7 heteroatoms. The van der Waals surface area contributed by atoms with Crippen LogP contribution < -0.4 is 5.32 Å². The van der Waals surface area contributed by atoms with Crippen molar-refractivity contribution in [2.75, 3.05) is 14.1 Å². The Morgan fingerprint density at radius 3 is 2.39 bits per heavy atom. The molecule has 0 saturated heterocycles. The van der Waals surface area contributed by atoms with Crippen molar-refractivity contribution in [3.05, 3.63) is 65.5 Å². The lowest BCUT2D eigenvalue weighted by Gasteiger charge is -2.17. The van der Waals surface area contributed by atoms with Gasteiger partial charge in [0, 0.05) is 26.2 Å². The fraction of sp³-hybridized carbons (Fsp3) is 0.188. The fourth-order valence-electron chi connectivity index (χ4n) is 2.06. The number of rotatable bonds is 5. The van der Waals surface area contributed by atoms with Crippen molar-refractivity contribution in [2.24, 2.45) is 0 Å². The van der Waals surface area contributed by atoms with Gasteiger partial charge < -0.3 is 5.32 Å². The molecular formula is C16H17FN2O3S. The molecule has 0 spiro atoms. The number of carbonyl (C=O) groups excluding carboxylic acids is 1. The van der Waals surface area contributed by atoms with E-state index in [0.717, 1.165) is 15.9 Å². The Morgan fingerprint density at radius 2 is 1.83 bits per heavy atom. The van der Waals surface area contributed by atoms with Gasteiger partial charge in [0.25, 0.3) is 5.91 Å². The topological polar surface area (TPSA) is 66.5 Å². The third-order valence-electron chi connectivity index (χ3n) is 3.35. The third kappa shape index (κ3) is 3.94. The molecule has 5 nitrogen and oxygen atoms in total. The summed E-state index contributed by atoms with van der Waals surface area (Å²) in [6.45, 7) is 0.118. The average Bonchev–Trinajstić information content (AvgIpc) is 2.54. The molecular weight excluding hydrogens is 319 g/mol. The number of hydrogen-bond donors (Lipinski definition) is 1. The third-order valence-corrected chi connectivity index (χ3v) is 5.15. The van der Waals surface area contributed by atoms with Gasteiger partial charge in [-0.2, -0.15) is 4.31 Å². The van der Waals surface area contributed by atoms with E-state index in [1.807, 2.05) is 0 Å². The van der Waals surface area contributed by atoms with Crippen LogP contribution >= 0.6 is 0 Å². The van der Waals surface area contributed by atoms with Gasteiger partial charge in [0.15, 0.2) is 0 Å². The molecule has 122 valence electrons. The molecule has 0 atom stereocenters. The monoisotopic (exact) mass is 336 g/mol. The lowest BCUT2D eigenvalue weighted by atomic mass is 10.1. The maximum Gasteiger partial charge on any atom is 0.251 e. The standard InChI is InChI=1S/C16H17FN2O3S/c1-18-16(20)13-8-6-12(7-9-13)11-19(2)23(21,22)15-5-3-4-14(17)10-15/h3-10H,11H2,1-2H3,(H,18,20). The van der Waals surface area contributed by atoms with E-state index in [9.17, 15) is 17.6 Å². The molecule has 0 bridgehead atoms. The van der Waals surface area contributed by atoms with E-state index >= 15 is 0 Å². The number of hydrogen-bond acceptors (Lipinski definition) is 3. The normalized spacial score (nSPS) is 11.5. The van der Waals surface area contributed by atoms with E-state index in [4.69, 9.17) is 0 Å². The molecule has 0 unspecified atom stereocenters. The predicted molar refractivity (Wildman–Crippen MR) is 84.9 cm³/mol. The van der Waals surface area contributed by atoms with Crippen LogP contribution in [0.5, 0.6) is 0 Å². The van der Waals surface area contributed by atoms with E-state index in [-0.39, 0.29) is 17.3 Å². The number of amides is 1. The number of halogens is 1. The highest BCUT2D eigenvalue weighted by Gasteiger charge is 2.21. The quantitative estimate of drug-likeness (QED) is 0.908. The summed E-state index contributed by atoms with van der Waals surface area (Å²) in [6, 6.07) is 11.5. The highest BCUT2D eigenvalue weighted by atomic mass is 32.2. The molecule has 1 amide bonds. The first-order valence-electron chi connectivity index (χ1n) is 6.87. The van der Waals surface area contributed by atoms with Crippen molar-refractivity contribution in [3.63, 3.8) is 0 Å².